The van der Waals surface area contributed by atoms with Gasteiger partial charge < -0.3 is 4.90 Å². The second-order valence-corrected chi connectivity index (χ2v) is 8.64. The average Bonchev–Trinajstić information content (AvgIpc) is 3.09. The maximum absolute atomic E-state index is 12.3. The minimum atomic E-state index is 0.201. The highest BCUT2D eigenvalue weighted by atomic mass is 32.1. The van der Waals surface area contributed by atoms with Crippen LogP contribution in [0.5, 0.6) is 0 Å². The molecule has 4 nitrogen and oxygen atoms in total. The number of aryl methyl sites for hydroxylation is 1. The maximum atomic E-state index is 12.3. The minimum absolute atomic E-state index is 0.201. The first kappa shape index (κ1) is 17.6. The monoisotopic (exact) mass is 347 g/mol. The van der Waals surface area contributed by atoms with Crippen LogP contribution in [0.1, 0.15) is 37.4 Å². The zero-order chi connectivity index (χ0) is 17.1. The van der Waals surface area contributed by atoms with Crippen molar-refractivity contribution in [2.24, 2.45) is 17.8 Å². The molecule has 2 saturated heterocycles. The summed E-state index contributed by atoms with van der Waals surface area (Å²) in [5, 5.41) is 3.34. The Kier molecular flexibility index (Phi) is 5.72. The summed E-state index contributed by atoms with van der Waals surface area (Å²) in [4.78, 5) is 21.5. The van der Waals surface area contributed by atoms with Gasteiger partial charge >= 0.3 is 0 Å². The molecule has 24 heavy (non-hydrogen) atoms. The summed E-state index contributed by atoms with van der Waals surface area (Å²) < 4.78 is 0. The molecule has 0 radical (unpaired) electrons. The second-order valence-electron chi connectivity index (χ2n) is 7.58. The molecular formula is C19H29N3OS. The molecule has 2 aliphatic heterocycles. The van der Waals surface area contributed by atoms with Crippen LogP contribution >= 0.6 is 11.3 Å². The lowest BCUT2D eigenvalue weighted by Crippen LogP contribution is -2.30. The molecule has 132 valence electrons. The molecule has 2 atom stereocenters. The Morgan fingerprint density at radius 2 is 2.00 bits per heavy atom. The number of carbonyl (C=O) groups excluding carboxylic acids is 1. The summed E-state index contributed by atoms with van der Waals surface area (Å²) in [7, 11) is 0. The van der Waals surface area contributed by atoms with E-state index in [9.17, 15) is 4.79 Å². The third-order valence-electron chi connectivity index (χ3n) is 5.20. The summed E-state index contributed by atoms with van der Waals surface area (Å²) in [5.74, 6) is 1.98. The van der Waals surface area contributed by atoms with Crippen LogP contribution in [-0.4, -0.2) is 46.9 Å². The number of hydrogen-bond acceptors (Lipinski definition) is 4. The molecule has 0 unspecified atom stereocenters. The molecule has 2 fully saturated rings. The first-order valence-corrected chi connectivity index (χ1v) is 9.99. The first-order valence-electron chi connectivity index (χ1n) is 9.11. The van der Waals surface area contributed by atoms with Crippen LogP contribution in [0.3, 0.4) is 0 Å². The van der Waals surface area contributed by atoms with Gasteiger partial charge in [0.1, 0.15) is 0 Å². The Morgan fingerprint density at radius 1 is 1.33 bits per heavy atom. The van der Waals surface area contributed by atoms with Crippen molar-refractivity contribution in [2.75, 3.05) is 26.2 Å². The molecule has 3 heterocycles. The Bertz CT molecular complexity index is 579. The molecule has 1 aromatic rings. The second kappa shape index (κ2) is 7.79. The molecule has 0 aromatic carbocycles. The van der Waals surface area contributed by atoms with Crippen molar-refractivity contribution in [2.45, 2.75) is 40.2 Å². The Hall–Kier alpha value is -1.20. The zero-order valence-corrected chi connectivity index (χ0v) is 15.9. The van der Waals surface area contributed by atoms with Gasteiger partial charge in [-0.25, -0.2) is 4.98 Å². The Balaban J connectivity index is 1.51. The van der Waals surface area contributed by atoms with Crippen molar-refractivity contribution in [3.05, 3.63) is 28.2 Å². The smallest absolute Gasteiger partial charge is 0.246 e. The molecule has 0 saturated carbocycles. The van der Waals surface area contributed by atoms with E-state index in [4.69, 9.17) is 0 Å². The fourth-order valence-corrected chi connectivity index (χ4v) is 4.43. The van der Waals surface area contributed by atoms with Crippen molar-refractivity contribution in [3.8, 4) is 0 Å². The molecule has 1 aromatic heterocycles. The number of rotatable bonds is 4. The van der Waals surface area contributed by atoms with Gasteiger partial charge in [0, 0.05) is 25.0 Å². The van der Waals surface area contributed by atoms with Crippen molar-refractivity contribution < 1.29 is 4.79 Å². The molecule has 2 aliphatic rings. The number of fused-ring (bicyclic) bond motifs is 1. The maximum Gasteiger partial charge on any atom is 0.246 e. The number of likely N-dealkylation sites (tertiary alicyclic amines) is 2. The highest BCUT2D eigenvalue weighted by molar-refractivity contribution is 7.09. The highest BCUT2D eigenvalue weighted by Crippen LogP contribution is 2.32. The third kappa shape index (κ3) is 4.45. The van der Waals surface area contributed by atoms with Crippen LogP contribution in [0.15, 0.2) is 17.5 Å². The number of carbonyl (C=O) groups is 1. The van der Waals surface area contributed by atoms with E-state index in [0.29, 0.717) is 17.8 Å². The van der Waals surface area contributed by atoms with E-state index in [-0.39, 0.29) is 5.91 Å². The van der Waals surface area contributed by atoms with Gasteiger partial charge in [0.25, 0.3) is 0 Å². The van der Waals surface area contributed by atoms with Crippen LogP contribution in [-0.2, 0) is 11.3 Å². The van der Waals surface area contributed by atoms with Crippen LogP contribution in [0.2, 0.25) is 0 Å². The van der Waals surface area contributed by atoms with Gasteiger partial charge in [0.15, 0.2) is 0 Å². The van der Waals surface area contributed by atoms with Crippen molar-refractivity contribution >= 4 is 17.2 Å². The van der Waals surface area contributed by atoms with Gasteiger partial charge in [0.2, 0.25) is 5.91 Å². The fraction of sp³-hybridized carbons (Fsp3) is 0.684. The van der Waals surface area contributed by atoms with Gasteiger partial charge in [0.05, 0.1) is 10.7 Å². The lowest BCUT2D eigenvalue weighted by molar-refractivity contribution is -0.125. The highest BCUT2D eigenvalue weighted by Gasteiger charge is 2.36. The summed E-state index contributed by atoms with van der Waals surface area (Å²) in [6.07, 6.45) is 6.18. The average molecular weight is 348 g/mol. The van der Waals surface area contributed by atoms with Crippen molar-refractivity contribution in [1.29, 1.82) is 0 Å². The number of aromatic nitrogens is 1. The summed E-state index contributed by atoms with van der Waals surface area (Å²) >= 11 is 1.74. The quantitative estimate of drug-likeness (QED) is 0.784. The molecular weight excluding hydrogens is 318 g/mol. The number of thiazole rings is 1. The number of amides is 1. The molecule has 0 spiro atoms. The number of hydrogen-bond donors (Lipinski definition) is 0. The number of allylic oxidation sites excluding steroid dienone is 1. The summed E-state index contributed by atoms with van der Waals surface area (Å²) in [5.41, 5.74) is 1.21. The topological polar surface area (TPSA) is 36.4 Å². The lowest BCUT2D eigenvalue weighted by Gasteiger charge is -2.20. The van der Waals surface area contributed by atoms with Gasteiger partial charge in [-0.2, -0.15) is 0 Å². The standard InChI is InChI=1S/C19H29N3OS/c1-14(2)4-5-19(23)22-10-16-6-8-21(9-7-17(16)11-22)12-18-13-24-15(3)20-18/h4-5,13-14,16-17H,6-12H2,1-3H3/b5-4+/t16-,17+. The van der Waals surface area contributed by atoms with Gasteiger partial charge in [-0.1, -0.05) is 19.9 Å². The molecule has 0 N–H and O–H groups in total. The predicted octanol–water partition coefficient (Wildman–Crippen LogP) is 3.33. The molecule has 3 rings (SSSR count). The summed E-state index contributed by atoms with van der Waals surface area (Å²) in [6.45, 7) is 11.4. The predicted molar refractivity (Wildman–Crippen MR) is 98.9 cm³/mol. The molecule has 0 aliphatic carbocycles. The molecule has 0 bridgehead atoms. The Morgan fingerprint density at radius 3 is 2.54 bits per heavy atom. The van der Waals surface area contributed by atoms with Crippen molar-refractivity contribution in [3.63, 3.8) is 0 Å². The third-order valence-corrected chi connectivity index (χ3v) is 6.02. The summed E-state index contributed by atoms with van der Waals surface area (Å²) in [6, 6.07) is 0. The van der Waals surface area contributed by atoms with Crippen LogP contribution in [0.25, 0.3) is 0 Å². The molecule has 1 amide bonds. The van der Waals surface area contributed by atoms with E-state index in [1.807, 2.05) is 6.08 Å². The molecule has 5 heteroatoms. The lowest BCUT2D eigenvalue weighted by atomic mass is 9.92. The first-order chi connectivity index (χ1) is 11.5. The van der Waals surface area contributed by atoms with Gasteiger partial charge in [-0.3, -0.25) is 9.69 Å². The van der Waals surface area contributed by atoms with E-state index >= 15 is 0 Å². The van der Waals surface area contributed by atoms with Gasteiger partial charge in [-0.05, 0) is 56.7 Å². The van der Waals surface area contributed by atoms with Crippen molar-refractivity contribution in [1.82, 2.24) is 14.8 Å². The SMILES string of the molecule is Cc1nc(CN2CC[C@@H]3CN(C(=O)/C=C/C(C)C)C[C@@H]3CC2)cs1. The fourth-order valence-electron chi connectivity index (χ4n) is 3.83. The van der Waals surface area contributed by atoms with E-state index < -0.39 is 0 Å². The van der Waals surface area contributed by atoms with E-state index in [1.54, 1.807) is 17.4 Å². The van der Waals surface area contributed by atoms with Crippen LogP contribution < -0.4 is 0 Å². The van der Waals surface area contributed by atoms with Crippen LogP contribution in [0.4, 0.5) is 0 Å². The van der Waals surface area contributed by atoms with E-state index in [0.717, 1.165) is 37.7 Å². The number of nitrogens with zero attached hydrogens (tertiary/aromatic N) is 3. The normalized spacial score (nSPS) is 25.4. The van der Waals surface area contributed by atoms with E-state index in [1.165, 1.54) is 18.5 Å². The van der Waals surface area contributed by atoms with E-state index in [2.05, 4.69) is 40.9 Å². The largest absolute Gasteiger partial charge is 0.339 e. The van der Waals surface area contributed by atoms with Crippen LogP contribution in [0, 0.1) is 24.7 Å². The zero-order valence-electron chi connectivity index (χ0n) is 15.1. The minimum Gasteiger partial charge on any atom is -0.339 e. The Labute approximate surface area is 149 Å². The van der Waals surface area contributed by atoms with Gasteiger partial charge in [-0.15, -0.1) is 11.3 Å².